The normalized spacial score (nSPS) is 18.6. The second kappa shape index (κ2) is 40.5. The van der Waals surface area contributed by atoms with Crippen molar-refractivity contribution in [3.8, 4) is 22.3 Å². The molecule has 0 amide bonds. The topological polar surface area (TPSA) is 275 Å². The number of hydrogen-bond acceptors (Lipinski definition) is 20. The fourth-order valence-electron chi connectivity index (χ4n) is 14.0. The van der Waals surface area contributed by atoms with Gasteiger partial charge in [0, 0.05) is 105 Å². The summed E-state index contributed by atoms with van der Waals surface area (Å²) >= 11 is 0. The van der Waals surface area contributed by atoms with E-state index < -0.39 is 44.2 Å². The Bertz CT molecular complexity index is 3630. The maximum atomic E-state index is 12.1. The molecule has 0 aliphatic heterocycles. The molecule has 4 fully saturated rings. The van der Waals surface area contributed by atoms with Crippen LogP contribution in [0.1, 0.15) is 133 Å². The first-order chi connectivity index (χ1) is 47.4. The first-order valence-corrected chi connectivity index (χ1v) is 50.8. The van der Waals surface area contributed by atoms with Crippen molar-refractivity contribution in [2.24, 2.45) is 29.5 Å². The predicted molar refractivity (Wildman–Crippen MR) is 405 cm³/mol. The number of nitrogens with zero attached hydrogens (tertiary/aromatic N) is 11. The number of rotatable bonds is 34. The maximum absolute atomic E-state index is 12.1. The van der Waals surface area contributed by atoms with E-state index in [0.29, 0.717) is 107 Å². The molecule has 3 N–H and O–H groups in total. The molecule has 0 aromatic carbocycles. The van der Waals surface area contributed by atoms with Gasteiger partial charge in [-0.3, -0.25) is 4.98 Å². The van der Waals surface area contributed by atoms with Gasteiger partial charge in [0.05, 0.1) is 66.9 Å². The molecular weight excluding hydrogens is 1410 g/mol. The molecule has 0 radical (unpaired) electrons. The van der Waals surface area contributed by atoms with E-state index in [4.69, 9.17) is 58.5 Å². The number of fused-ring (bicyclic) bond motifs is 6. The Kier molecular flexibility index (Phi) is 34.9. The van der Waals surface area contributed by atoms with Crippen LogP contribution in [0.3, 0.4) is 0 Å². The van der Waals surface area contributed by atoms with Crippen LogP contribution >= 0.6 is 0 Å². The largest absolute Gasteiger partial charge is 1.00 e. The second-order valence-corrected chi connectivity index (χ2v) is 54.8. The third-order valence-electron chi connectivity index (χ3n) is 19.4. The van der Waals surface area contributed by atoms with E-state index in [-0.39, 0.29) is 126 Å². The molecule has 0 spiro atoms. The third-order valence-corrected chi connectivity index (χ3v) is 26.2. The van der Waals surface area contributed by atoms with Crippen molar-refractivity contribution in [1.82, 2.24) is 39.2 Å². The fraction of sp³-hybridized carbons (Fsp3) is 0.616. The Labute approximate surface area is 695 Å². The van der Waals surface area contributed by atoms with Gasteiger partial charge in [-0.1, -0.05) is 130 Å². The molecule has 550 valence electrons. The molecule has 0 saturated heterocycles. The van der Waals surface area contributed by atoms with Gasteiger partial charge < -0.3 is 69.5 Å². The van der Waals surface area contributed by atoms with E-state index in [1.165, 1.54) is 51.7 Å². The van der Waals surface area contributed by atoms with Crippen molar-refractivity contribution >= 4 is 78.7 Å². The number of ether oxygens (including phenoxy) is 7. The van der Waals surface area contributed by atoms with E-state index in [0.717, 1.165) is 112 Å². The number of pyridine rings is 2. The number of nitrogens with two attached hydrogens (primary N) is 1. The van der Waals surface area contributed by atoms with Crippen molar-refractivity contribution < 1.29 is 156 Å². The molecular formula is C73H114K2N12O11Si4. The summed E-state index contributed by atoms with van der Waals surface area (Å²) in [4.78, 5) is 47.3. The number of carbonyl (C=O) groups excluding carboxylic acids is 2. The van der Waals surface area contributed by atoms with Crippen LogP contribution in [0, 0.1) is 23.7 Å². The smallest absolute Gasteiger partial charge is 0.543 e. The zero-order valence-electron chi connectivity index (χ0n) is 64.5. The maximum Gasteiger partial charge on any atom is 1.00 e. The molecule has 4 aliphatic rings. The Morgan fingerprint density at radius 3 is 1.16 bits per heavy atom. The van der Waals surface area contributed by atoms with E-state index in [1.807, 2.05) is 40.7 Å². The number of hydrogen-bond donors (Lipinski definition) is 2. The standard InChI is InChI=1S/C37H57N5O5Si2.C36H55N5O5Si2.2K.H3N2O/c1-10-47-26(2)33-34(30-20-27-11-12-28(19-27)21-30)40-35-31(29-13-14-32(38-22-29)37(43)44-3)23-39-42(35)36(33)41(24-45-15-17-48(4,5)6)25-46-16-18-49(7,8)9;1-9-46-25(2)32-33(29-19-26-10-11-27(18-26)20-29)39-34-30(28-12-13-31(36(42)43)37-21-28)22-38-41(34)35(32)40(23-44-14-16-47(3,4)5)24-45-15-17-48(6,7)8;;;1-2-3/h13-14,22-23,27-28,30H,2,10-12,15-21,24-25H2,1,3-9H3;12-13,21-22,26-27,29H,2,9-11,14-20,23-24H2,1,3-8H3,(H,42,43);;;3H,1H2/q;;2*+1;-1/p-1/t27-,28+,30?;26-,27+,29?;;;. The van der Waals surface area contributed by atoms with Crippen LogP contribution in [0.5, 0.6) is 0 Å². The van der Waals surface area contributed by atoms with Gasteiger partial charge in [0.1, 0.15) is 55.8 Å². The minimum atomic E-state index is -1.31. The van der Waals surface area contributed by atoms with E-state index in [9.17, 15) is 14.7 Å². The summed E-state index contributed by atoms with van der Waals surface area (Å²) in [6, 6.07) is 11.0. The van der Waals surface area contributed by atoms with Crippen LogP contribution in [0.15, 0.2) is 62.2 Å². The van der Waals surface area contributed by atoms with Gasteiger partial charge in [0.15, 0.2) is 11.3 Å². The number of carboxylic acid groups (broad SMARTS) is 1. The number of carbonyl (C=O) groups is 2. The first kappa shape index (κ1) is 87.9. The average molecular weight is 1530 g/mol. The predicted octanol–water partition coefficient (Wildman–Crippen LogP) is 8.83. The summed E-state index contributed by atoms with van der Waals surface area (Å²) in [7, 11) is -3.85. The summed E-state index contributed by atoms with van der Waals surface area (Å²) in [6.45, 7) is 46.2. The molecule has 4 bridgehead atoms. The monoisotopic (exact) mass is 1520 g/mol. The zero-order valence-corrected chi connectivity index (χ0v) is 74.7. The van der Waals surface area contributed by atoms with Crippen molar-refractivity contribution in [2.45, 2.75) is 193 Å². The van der Waals surface area contributed by atoms with Gasteiger partial charge in [0.25, 0.3) is 0 Å². The number of methoxy groups -OCH3 is 1. The van der Waals surface area contributed by atoms with Gasteiger partial charge in [-0.25, -0.2) is 19.7 Å². The molecule has 2 unspecified atom stereocenters. The van der Waals surface area contributed by atoms with Gasteiger partial charge in [-0.2, -0.15) is 19.2 Å². The molecule has 6 atom stereocenters. The van der Waals surface area contributed by atoms with Crippen molar-refractivity contribution in [1.29, 1.82) is 0 Å². The van der Waals surface area contributed by atoms with E-state index in [1.54, 1.807) is 30.7 Å². The molecule has 6 aromatic rings. The minimum absolute atomic E-state index is 0. The Balaban J connectivity index is 0.000000303. The summed E-state index contributed by atoms with van der Waals surface area (Å²) in [5, 5.41) is 28.3. The zero-order chi connectivity index (χ0) is 72.7. The summed E-state index contributed by atoms with van der Waals surface area (Å²) in [5.41, 5.74) is 10.4. The number of aromatic carboxylic acids is 1. The summed E-state index contributed by atoms with van der Waals surface area (Å²) in [6.07, 6.45) is 18.9. The molecule has 29 heteroatoms. The van der Waals surface area contributed by atoms with Gasteiger partial charge in [0.2, 0.25) is 0 Å². The number of anilines is 2. The summed E-state index contributed by atoms with van der Waals surface area (Å²) in [5.74, 6) is 8.35. The molecule has 6 heterocycles. The number of aromatic nitrogens is 8. The van der Waals surface area contributed by atoms with Gasteiger partial charge in [-0.05, 0) is 112 Å². The molecule has 102 heavy (non-hydrogen) atoms. The van der Waals surface area contributed by atoms with Crippen molar-refractivity contribution in [3.05, 3.63) is 102 Å². The number of esters is 1. The molecule has 4 aliphatic carbocycles. The van der Waals surface area contributed by atoms with E-state index in [2.05, 4.69) is 117 Å². The summed E-state index contributed by atoms with van der Waals surface area (Å²) < 4.78 is 46.7. The van der Waals surface area contributed by atoms with Crippen LogP contribution < -0.4 is 124 Å². The van der Waals surface area contributed by atoms with Crippen LogP contribution in [0.25, 0.3) is 50.7 Å². The average Bonchev–Trinajstić information content (AvgIpc) is 1.47. The van der Waals surface area contributed by atoms with Crippen LogP contribution in [0.4, 0.5) is 11.6 Å². The number of carboxylic acids is 1. The first-order valence-electron chi connectivity index (χ1n) is 36.0. The van der Waals surface area contributed by atoms with Crippen molar-refractivity contribution in [2.75, 3.05) is 83.5 Å². The fourth-order valence-corrected chi connectivity index (χ4v) is 17.1. The molecule has 23 nitrogen and oxygen atoms in total. The molecule has 4 saturated carbocycles. The quantitative estimate of drug-likeness (QED) is 0.00726. The second-order valence-electron chi connectivity index (χ2n) is 32.3. The molecule has 10 rings (SSSR count). The van der Waals surface area contributed by atoms with Crippen molar-refractivity contribution in [3.63, 3.8) is 0 Å². The SMILES string of the molecule is C=C(OCC)c1c(C2C[C@H]3CC[C@@H](C2)C3)nc2c(-c3ccc(C(=O)OC)nc3)cnn2c1N(COCC[Si](C)(C)C)COCC[Si](C)(C)C.C=C(OCC)c1c(C2C[C@H]3CC[C@@H](C2)C3)nc2c(-c3ccc(C(=O)[O-])nc3)cnn2c1N(COCC[Si](C)(C)C)COCC[Si](C)(C)C.N[N-]O.[K+].[K+]. The van der Waals surface area contributed by atoms with Gasteiger partial charge in [-0.15, -0.1) is 0 Å². The minimum Gasteiger partial charge on any atom is -0.543 e. The van der Waals surface area contributed by atoms with Gasteiger partial charge >= 0.3 is 109 Å². The van der Waals surface area contributed by atoms with E-state index >= 15 is 0 Å². The van der Waals surface area contributed by atoms with Crippen LogP contribution in [-0.4, -0.2) is 162 Å². The molecule has 6 aromatic heterocycles. The van der Waals surface area contributed by atoms with Crippen LogP contribution in [0.2, 0.25) is 103 Å². The Morgan fingerprint density at radius 1 is 0.559 bits per heavy atom. The van der Waals surface area contributed by atoms with Crippen LogP contribution in [-0.2, 0) is 33.2 Å². The Hall–Kier alpha value is -2.98. The Morgan fingerprint density at radius 2 is 0.882 bits per heavy atom. The third kappa shape index (κ3) is 25.0.